The molecule has 0 radical (unpaired) electrons. The average molecular weight is 304 g/mol. The second kappa shape index (κ2) is 9.18. The van der Waals surface area contributed by atoms with Gasteiger partial charge in [-0.1, -0.05) is 34.1 Å². The van der Waals surface area contributed by atoms with E-state index >= 15 is 0 Å². The van der Waals surface area contributed by atoms with Gasteiger partial charge in [-0.15, -0.1) is 0 Å². The molecule has 2 unspecified atom stereocenters. The molecule has 2 N–H and O–H groups in total. The highest BCUT2D eigenvalue weighted by molar-refractivity contribution is 6.71. The summed E-state index contributed by atoms with van der Waals surface area (Å²) in [5.41, 5.74) is -0.0109. The Hall–Kier alpha value is 0.0969. The lowest BCUT2D eigenvalue weighted by atomic mass is 9.80. The summed E-state index contributed by atoms with van der Waals surface area (Å²) in [6, 6.07) is 1.17. The van der Waals surface area contributed by atoms with E-state index in [1.165, 1.54) is 6.04 Å². The topological polar surface area (TPSA) is 41.5 Å². The molecule has 0 saturated heterocycles. The molecular weight excluding hydrogens is 266 g/mol. The Balaban J connectivity index is 4.45. The van der Waals surface area contributed by atoms with Gasteiger partial charge in [0.05, 0.1) is 12.2 Å². The van der Waals surface area contributed by atoms with Crippen LogP contribution in [0.1, 0.15) is 47.5 Å². The summed E-state index contributed by atoms with van der Waals surface area (Å²) in [5.74, 6) is 1.12. The number of rotatable bonds is 11. The first kappa shape index (κ1) is 20.1. The van der Waals surface area contributed by atoms with E-state index in [0.717, 1.165) is 19.4 Å². The van der Waals surface area contributed by atoms with Crippen molar-refractivity contribution < 1.29 is 9.53 Å². The van der Waals surface area contributed by atoms with Gasteiger partial charge in [0.25, 0.3) is 0 Å². The van der Waals surface area contributed by atoms with Crippen molar-refractivity contribution in [1.82, 2.24) is 5.32 Å². The van der Waals surface area contributed by atoms with Gasteiger partial charge in [-0.3, -0.25) is 0 Å². The van der Waals surface area contributed by atoms with Gasteiger partial charge in [-0.25, -0.2) is 0 Å². The monoisotopic (exact) mass is 303 g/mol. The van der Waals surface area contributed by atoms with Crippen LogP contribution in [0.3, 0.4) is 0 Å². The van der Waals surface area contributed by atoms with Gasteiger partial charge in [-0.2, -0.15) is 0 Å². The SMILES string of the molecule is CCC(C)C(C)(O[Si](C)(C)CCCNCCO)C(C)C. The number of hydrogen-bond acceptors (Lipinski definition) is 3. The molecule has 0 amide bonds. The van der Waals surface area contributed by atoms with Crippen molar-refractivity contribution in [2.24, 2.45) is 11.8 Å². The Morgan fingerprint density at radius 3 is 2.25 bits per heavy atom. The minimum atomic E-state index is -1.64. The fourth-order valence-corrected chi connectivity index (χ4v) is 5.44. The van der Waals surface area contributed by atoms with E-state index in [4.69, 9.17) is 9.53 Å². The third kappa shape index (κ3) is 6.70. The Morgan fingerprint density at radius 1 is 1.20 bits per heavy atom. The molecule has 0 saturated carbocycles. The van der Waals surface area contributed by atoms with Crippen LogP contribution in [0.4, 0.5) is 0 Å². The first-order chi connectivity index (χ1) is 9.19. The molecule has 0 bridgehead atoms. The summed E-state index contributed by atoms with van der Waals surface area (Å²) in [4.78, 5) is 0. The van der Waals surface area contributed by atoms with Gasteiger partial charge in [0, 0.05) is 6.54 Å². The molecule has 0 aliphatic heterocycles. The average Bonchev–Trinajstić information content (AvgIpc) is 2.36. The van der Waals surface area contributed by atoms with E-state index in [1.54, 1.807) is 0 Å². The smallest absolute Gasteiger partial charge is 0.187 e. The molecule has 0 aromatic carbocycles. The van der Waals surface area contributed by atoms with E-state index in [1.807, 2.05) is 0 Å². The molecule has 122 valence electrons. The van der Waals surface area contributed by atoms with E-state index in [2.05, 4.69) is 53.0 Å². The van der Waals surface area contributed by atoms with E-state index in [0.29, 0.717) is 18.4 Å². The molecular formula is C16H37NO2Si. The van der Waals surface area contributed by atoms with Gasteiger partial charge in [0.1, 0.15) is 0 Å². The van der Waals surface area contributed by atoms with Crippen molar-refractivity contribution in [2.75, 3.05) is 19.7 Å². The first-order valence-corrected chi connectivity index (χ1v) is 11.3. The Morgan fingerprint density at radius 2 is 1.80 bits per heavy atom. The van der Waals surface area contributed by atoms with Crippen LogP contribution < -0.4 is 5.32 Å². The predicted molar refractivity (Wildman–Crippen MR) is 90.6 cm³/mol. The van der Waals surface area contributed by atoms with Gasteiger partial charge < -0.3 is 14.8 Å². The zero-order chi connectivity index (χ0) is 15.8. The zero-order valence-corrected chi connectivity index (χ0v) is 15.8. The summed E-state index contributed by atoms with van der Waals surface area (Å²) in [7, 11) is -1.64. The van der Waals surface area contributed by atoms with Crippen molar-refractivity contribution in [3.8, 4) is 0 Å². The maximum atomic E-state index is 8.75. The fraction of sp³-hybridized carbons (Fsp3) is 1.00. The van der Waals surface area contributed by atoms with E-state index in [9.17, 15) is 0 Å². The quantitative estimate of drug-likeness (QED) is 0.452. The van der Waals surface area contributed by atoms with Gasteiger partial charge >= 0.3 is 0 Å². The first-order valence-electron chi connectivity index (χ1n) is 8.21. The highest BCUT2D eigenvalue weighted by Crippen LogP contribution is 2.36. The summed E-state index contributed by atoms with van der Waals surface area (Å²) in [5, 5.41) is 12.0. The van der Waals surface area contributed by atoms with Crippen molar-refractivity contribution in [3.63, 3.8) is 0 Å². The van der Waals surface area contributed by atoms with Crippen LogP contribution in [0.25, 0.3) is 0 Å². The van der Waals surface area contributed by atoms with Crippen LogP contribution in [0.2, 0.25) is 19.1 Å². The number of aliphatic hydroxyl groups excluding tert-OH is 1. The van der Waals surface area contributed by atoms with Crippen molar-refractivity contribution in [2.45, 2.75) is 72.2 Å². The Bertz CT molecular complexity index is 259. The fourth-order valence-electron chi connectivity index (χ4n) is 2.68. The molecule has 0 aliphatic carbocycles. The lowest BCUT2D eigenvalue weighted by Gasteiger charge is -2.45. The maximum Gasteiger partial charge on any atom is 0.187 e. The van der Waals surface area contributed by atoms with Gasteiger partial charge in [-0.05, 0) is 50.9 Å². The van der Waals surface area contributed by atoms with Crippen molar-refractivity contribution in [1.29, 1.82) is 0 Å². The van der Waals surface area contributed by atoms with E-state index < -0.39 is 8.32 Å². The summed E-state index contributed by atoms with van der Waals surface area (Å²) in [6.07, 6.45) is 2.30. The number of aliphatic hydroxyl groups is 1. The Labute approximate surface area is 127 Å². The zero-order valence-electron chi connectivity index (χ0n) is 14.8. The third-order valence-electron chi connectivity index (χ3n) is 4.65. The van der Waals surface area contributed by atoms with Crippen molar-refractivity contribution >= 4 is 8.32 Å². The molecule has 0 heterocycles. The van der Waals surface area contributed by atoms with Crippen LogP contribution in [-0.4, -0.2) is 38.7 Å². The Kier molecular flexibility index (Phi) is 9.23. The van der Waals surface area contributed by atoms with Crippen LogP contribution >= 0.6 is 0 Å². The highest BCUT2D eigenvalue weighted by atomic mass is 28.4. The molecule has 0 aromatic heterocycles. The minimum Gasteiger partial charge on any atom is -0.412 e. The molecule has 0 rings (SSSR count). The third-order valence-corrected chi connectivity index (χ3v) is 7.20. The van der Waals surface area contributed by atoms with Gasteiger partial charge in [0.15, 0.2) is 8.32 Å². The standard InChI is InChI=1S/C16H37NO2Si/c1-8-15(4)16(5,14(2)3)19-20(6,7)13-9-10-17-11-12-18/h14-15,17-18H,8-13H2,1-7H3. The molecule has 0 aliphatic rings. The number of hydrogen-bond donors (Lipinski definition) is 2. The number of nitrogens with one attached hydrogen (secondary N) is 1. The lowest BCUT2D eigenvalue weighted by Crippen LogP contribution is -2.50. The second-order valence-corrected chi connectivity index (χ2v) is 11.3. The maximum absolute atomic E-state index is 8.75. The molecule has 20 heavy (non-hydrogen) atoms. The minimum absolute atomic E-state index is 0.0109. The molecule has 0 spiro atoms. The predicted octanol–water partition coefficient (Wildman–Crippen LogP) is 3.64. The summed E-state index contributed by atoms with van der Waals surface area (Å²) >= 11 is 0. The van der Waals surface area contributed by atoms with Crippen LogP contribution in [0.15, 0.2) is 0 Å². The van der Waals surface area contributed by atoms with Crippen LogP contribution in [0.5, 0.6) is 0 Å². The molecule has 0 aromatic rings. The molecule has 0 fully saturated rings. The molecule has 2 atom stereocenters. The van der Waals surface area contributed by atoms with E-state index in [-0.39, 0.29) is 12.2 Å². The lowest BCUT2D eigenvalue weighted by molar-refractivity contribution is -0.0202. The normalized spacial score (nSPS) is 17.2. The molecule has 3 nitrogen and oxygen atoms in total. The largest absolute Gasteiger partial charge is 0.412 e. The van der Waals surface area contributed by atoms with Gasteiger partial charge in [0.2, 0.25) is 0 Å². The molecule has 4 heteroatoms. The second-order valence-electron chi connectivity index (χ2n) is 7.09. The summed E-state index contributed by atoms with van der Waals surface area (Å²) < 4.78 is 6.71. The summed E-state index contributed by atoms with van der Waals surface area (Å²) in [6.45, 7) is 18.0. The van der Waals surface area contributed by atoms with Crippen LogP contribution in [-0.2, 0) is 4.43 Å². The highest BCUT2D eigenvalue weighted by Gasteiger charge is 2.39. The van der Waals surface area contributed by atoms with Crippen LogP contribution in [0, 0.1) is 11.8 Å². The van der Waals surface area contributed by atoms with Crippen molar-refractivity contribution in [3.05, 3.63) is 0 Å².